The molecule has 0 radical (unpaired) electrons. The first-order chi connectivity index (χ1) is 9.51. The molecule has 0 spiro atoms. The van der Waals surface area contributed by atoms with Crippen LogP contribution in [0.25, 0.3) is 0 Å². The number of aromatic nitrogens is 2. The molecule has 2 heterocycles. The van der Waals surface area contributed by atoms with E-state index in [-0.39, 0.29) is 6.04 Å². The third-order valence-electron chi connectivity index (χ3n) is 2.69. The van der Waals surface area contributed by atoms with Gasteiger partial charge in [0, 0.05) is 29.9 Å². The summed E-state index contributed by atoms with van der Waals surface area (Å²) in [6.45, 7) is 2.89. The molecule has 1 unspecified atom stereocenters. The van der Waals surface area contributed by atoms with Gasteiger partial charge in [0.1, 0.15) is 4.21 Å². The Labute approximate surface area is 122 Å². The average molecular weight is 314 g/mol. The summed E-state index contributed by atoms with van der Waals surface area (Å²) in [6.07, 6.45) is 5.83. The number of sulfonamides is 1. The van der Waals surface area contributed by atoms with Crippen LogP contribution < -0.4 is 10.5 Å². The molecule has 0 bridgehead atoms. The third kappa shape index (κ3) is 3.89. The first-order valence-electron chi connectivity index (χ1n) is 6.28. The molecule has 2 rings (SSSR count). The highest BCUT2D eigenvalue weighted by atomic mass is 32.2. The van der Waals surface area contributed by atoms with Gasteiger partial charge in [-0.1, -0.05) is 0 Å². The SMILES string of the molecule is CC(Cn1ccnc1)NS(=O)(=O)c1ccc(CCN)s1. The molecule has 0 aliphatic carbocycles. The summed E-state index contributed by atoms with van der Waals surface area (Å²) in [5.74, 6) is 0. The Kier molecular flexibility index (Phi) is 4.92. The molecule has 0 amide bonds. The molecule has 0 aliphatic heterocycles. The second-order valence-corrected chi connectivity index (χ2v) is 7.65. The fourth-order valence-corrected chi connectivity index (χ4v) is 4.47. The van der Waals surface area contributed by atoms with Gasteiger partial charge < -0.3 is 10.3 Å². The molecule has 0 saturated heterocycles. The minimum atomic E-state index is -3.47. The fraction of sp³-hybridized carbons (Fsp3) is 0.417. The van der Waals surface area contributed by atoms with Crippen molar-refractivity contribution < 1.29 is 8.42 Å². The van der Waals surface area contributed by atoms with Gasteiger partial charge >= 0.3 is 0 Å². The van der Waals surface area contributed by atoms with E-state index < -0.39 is 10.0 Å². The van der Waals surface area contributed by atoms with Crippen molar-refractivity contribution in [3.63, 3.8) is 0 Å². The van der Waals surface area contributed by atoms with Gasteiger partial charge in [-0.15, -0.1) is 11.3 Å². The zero-order valence-electron chi connectivity index (χ0n) is 11.2. The van der Waals surface area contributed by atoms with Crippen LogP contribution in [0.2, 0.25) is 0 Å². The van der Waals surface area contributed by atoms with Crippen LogP contribution in [0.5, 0.6) is 0 Å². The second-order valence-electron chi connectivity index (χ2n) is 4.54. The average Bonchev–Trinajstić information content (AvgIpc) is 3.00. The lowest BCUT2D eigenvalue weighted by molar-refractivity contribution is 0.521. The standard InChI is InChI=1S/C12H18N4O2S2/c1-10(8-16-7-6-14-9-16)15-20(17,18)12-3-2-11(19-12)4-5-13/h2-3,6-7,9-10,15H,4-5,8,13H2,1H3. The Morgan fingerprint density at radius 2 is 2.30 bits per heavy atom. The van der Waals surface area contributed by atoms with Crippen LogP contribution >= 0.6 is 11.3 Å². The Morgan fingerprint density at radius 1 is 1.50 bits per heavy atom. The highest BCUT2D eigenvalue weighted by molar-refractivity contribution is 7.91. The van der Waals surface area contributed by atoms with Crippen molar-refractivity contribution in [3.05, 3.63) is 35.7 Å². The molecule has 0 aromatic carbocycles. The molecule has 20 heavy (non-hydrogen) atoms. The van der Waals surface area contributed by atoms with Crippen molar-refractivity contribution in [3.8, 4) is 0 Å². The van der Waals surface area contributed by atoms with Gasteiger partial charge in [-0.2, -0.15) is 0 Å². The maximum Gasteiger partial charge on any atom is 0.250 e. The minimum absolute atomic E-state index is 0.214. The summed E-state index contributed by atoms with van der Waals surface area (Å²) >= 11 is 1.26. The molecule has 0 saturated carbocycles. The summed E-state index contributed by atoms with van der Waals surface area (Å²) < 4.78 is 29.3. The Morgan fingerprint density at radius 3 is 2.95 bits per heavy atom. The second kappa shape index (κ2) is 6.49. The number of nitrogens with one attached hydrogen (secondary N) is 1. The summed E-state index contributed by atoms with van der Waals surface area (Å²) in [6, 6.07) is 3.23. The number of hydrogen-bond donors (Lipinski definition) is 2. The maximum absolute atomic E-state index is 12.2. The van der Waals surface area contributed by atoms with Crippen LogP contribution in [0.4, 0.5) is 0 Å². The molecular formula is C12H18N4O2S2. The summed E-state index contributed by atoms with van der Waals surface area (Å²) in [7, 11) is -3.47. The lowest BCUT2D eigenvalue weighted by Crippen LogP contribution is -2.35. The van der Waals surface area contributed by atoms with Gasteiger partial charge in [0.25, 0.3) is 0 Å². The smallest absolute Gasteiger partial charge is 0.250 e. The molecule has 1 atom stereocenters. The van der Waals surface area contributed by atoms with Crippen LogP contribution in [-0.4, -0.2) is 30.6 Å². The minimum Gasteiger partial charge on any atom is -0.336 e. The zero-order chi connectivity index (χ0) is 14.6. The van der Waals surface area contributed by atoms with Crippen molar-refractivity contribution in [2.75, 3.05) is 6.54 Å². The van der Waals surface area contributed by atoms with E-state index in [4.69, 9.17) is 5.73 Å². The number of rotatable bonds is 7. The Bertz CT molecular complexity index is 634. The van der Waals surface area contributed by atoms with Crippen molar-refractivity contribution in [1.82, 2.24) is 14.3 Å². The van der Waals surface area contributed by atoms with Gasteiger partial charge in [-0.05, 0) is 32.0 Å². The number of imidazole rings is 1. The van der Waals surface area contributed by atoms with Crippen LogP contribution in [0, 0.1) is 0 Å². The summed E-state index contributed by atoms with van der Waals surface area (Å²) in [4.78, 5) is 4.91. The van der Waals surface area contributed by atoms with Gasteiger partial charge in [-0.25, -0.2) is 18.1 Å². The first kappa shape index (κ1) is 15.2. The van der Waals surface area contributed by atoms with Crippen molar-refractivity contribution in [2.45, 2.75) is 30.1 Å². The molecule has 3 N–H and O–H groups in total. The summed E-state index contributed by atoms with van der Waals surface area (Å²) in [5, 5.41) is 0. The maximum atomic E-state index is 12.2. The largest absolute Gasteiger partial charge is 0.336 e. The van der Waals surface area contributed by atoms with Crippen LogP contribution in [0.15, 0.2) is 35.1 Å². The molecule has 2 aromatic rings. The number of thiophene rings is 1. The zero-order valence-corrected chi connectivity index (χ0v) is 12.8. The van der Waals surface area contributed by atoms with E-state index in [9.17, 15) is 8.42 Å². The van der Waals surface area contributed by atoms with Crippen LogP contribution in [0.3, 0.4) is 0 Å². The molecule has 2 aromatic heterocycles. The topological polar surface area (TPSA) is 90.0 Å². The predicted molar refractivity (Wildman–Crippen MR) is 79.1 cm³/mol. The van der Waals surface area contributed by atoms with Crippen molar-refractivity contribution in [2.24, 2.45) is 5.73 Å². The van der Waals surface area contributed by atoms with Crippen molar-refractivity contribution in [1.29, 1.82) is 0 Å². The van der Waals surface area contributed by atoms with E-state index in [0.29, 0.717) is 23.7 Å². The molecular weight excluding hydrogens is 296 g/mol. The van der Waals surface area contributed by atoms with Crippen LogP contribution in [0.1, 0.15) is 11.8 Å². The lowest BCUT2D eigenvalue weighted by Gasteiger charge is -2.13. The van der Waals surface area contributed by atoms with E-state index >= 15 is 0 Å². The molecule has 6 nitrogen and oxygen atoms in total. The van der Waals surface area contributed by atoms with E-state index in [2.05, 4.69) is 9.71 Å². The molecule has 0 fully saturated rings. The lowest BCUT2D eigenvalue weighted by atomic mass is 10.3. The van der Waals surface area contributed by atoms with Gasteiger partial charge in [0.2, 0.25) is 10.0 Å². The molecule has 8 heteroatoms. The fourth-order valence-electron chi connectivity index (χ4n) is 1.85. The van der Waals surface area contributed by atoms with E-state index in [1.54, 1.807) is 24.8 Å². The highest BCUT2D eigenvalue weighted by Gasteiger charge is 2.19. The molecule has 0 aliphatic rings. The van der Waals surface area contributed by atoms with E-state index in [1.165, 1.54) is 11.3 Å². The summed E-state index contributed by atoms with van der Waals surface area (Å²) in [5.41, 5.74) is 5.47. The predicted octanol–water partition coefficient (Wildman–Crippen LogP) is 0.813. The van der Waals surface area contributed by atoms with Crippen LogP contribution in [-0.2, 0) is 23.0 Å². The Balaban J connectivity index is 2.02. The first-order valence-corrected chi connectivity index (χ1v) is 8.58. The van der Waals surface area contributed by atoms with E-state index in [0.717, 1.165) is 4.88 Å². The monoisotopic (exact) mass is 314 g/mol. The number of nitrogens with zero attached hydrogens (tertiary/aromatic N) is 2. The quantitative estimate of drug-likeness (QED) is 0.791. The highest BCUT2D eigenvalue weighted by Crippen LogP contribution is 2.21. The van der Waals surface area contributed by atoms with Gasteiger partial charge in [0.05, 0.1) is 6.33 Å². The molecule has 110 valence electrons. The third-order valence-corrected chi connectivity index (χ3v) is 5.92. The normalized spacial score (nSPS) is 13.5. The van der Waals surface area contributed by atoms with E-state index in [1.807, 2.05) is 17.6 Å². The van der Waals surface area contributed by atoms with Crippen molar-refractivity contribution >= 4 is 21.4 Å². The Hall–Kier alpha value is -1.22. The van der Waals surface area contributed by atoms with Gasteiger partial charge in [-0.3, -0.25) is 0 Å². The van der Waals surface area contributed by atoms with Gasteiger partial charge in [0.15, 0.2) is 0 Å². The number of hydrogen-bond acceptors (Lipinski definition) is 5. The number of nitrogens with two attached hydrogens (primary N) is 1.